The van der Waals surface area contributed by atoms with Crippen LogP contribution in [-0.4, -0.2) is 42.5 Å². The molecule has 0 radical (unpaired) electrons. The van der Waals surface area contributed by atoms with Crippen molar-refractivity contribution in [1.82, 2.24) is 20.5 Å². The van der Waals surface area contributed by atoms with Gasteiger partial charge in [-0.05, 0) is 70.3 Å². The molecule has 1 atom stereocenters. The van der Waals surface area contributed by atoms with Crippen LogP contribution < -0.4 is 10.6 Å². The number of nitrogens with zero attached hydrogens (tertiary/aromatic N) is 3. The van der Waals surface area contributed by atoms with Gasteiger partial charge in [-0.15, -0.1) is 24.0 Å². The van der Waals surface area contributed by atoms with E-state index in [0.29, 0.717) is 17.4 Å². The van der Waals surface area contributed by atoms with Gasteiger partial charge in [0.15, 0.2) is 17.6 Å². The molecule has 172 valence electrons. The fourth-order valence-electron chi connectivity index (χ4n) is 3.65. The molecule has 1 saturated heterocycles. The summed E-state index contributed by atoms with van der Waals surface area (Å²) in [6.45, 7) is 9.38. The van der Waals surface area contributed by atoms with Crippen molar-refractivity contribution in [2.45, 2.75) is 46.2 Å². The largest absolute Gasteiger partial charge is 0.444 e. The maximum atomic E-state index is 13.5. The van der Waals surface area contributed by atoms with Crippen molar-refractivity contribution in [1.29, 1.82) is 0 Å². The van der Waals surface area contributed by atoms with Gasteiger partial charge in [0.1, 0.15) is 5.76 Å². The second-order valence-electron chi connectivity index (χ2n) is 7.96. The monoisotopic (exact) mass is 547 g/mol. The average molecular weight is 547 g/mol. The minimum atomic E-state index is -0.842. The number of nitrogens with one attached hydrogen (secondary N) is 2. The second kappa shape index (κ2) is 11.8. The highest BCUT2D eigenvalue weighted by Crippen LogP contribution is 2.20. The van der Waals surface area contributed by atoms with Crippen molar-refractivity contribution < 1.29 is 13.2 Å². The van der Waals surface area contributed by atoms with Crippen LogP contribution in [0.3, 0.4) is 0 Å². The lowest BCUT2D eigenvalue weighted by atomic mass is 9.97. The molecular weight excluding hydrogens is 515 g/mol. The number of piperidine rings is 1. The topological polar surface area (TPSA) is 65.7 Å². The number of hydrogen-bond donors (Lipinski definition) is 2. The Bertz CT molecular complexity index is 861. The quantitative estimate of drug-likeness (QED) is 0.321. The highest BCUT2D eigenvalue weighted by Gasteiger charge is 2.21. The van der Waals surface area contributed by atoms with Gasteiger partial charge < -0.3 is 15.1 Å². The molecule has 2 heterocycles. The molecule has 2 aromatic rings. The molecule has 1 unspecified atom stereocenters. The first kappa shape index (κ1) is 25.5. The van der Waals surface area contributed by atoms with E-state index in [1.54, 1.807) is 13.1 Å². The van der Waals surface area contributed by atoms with E-state index in [-0.39, 0.29) is 30.0 Å². The first-order valence-electron chi connectivity index (χ1n) is 10.4. The zero-order chi connectivity index (χ0) is 21.7. The van der Waals surface area contributed by atoms with E-state index < -0.39 is 11.6 Å². The average Bonchev–Trinajstić information content (AvgIpc) is 3.05. The van der Waals surface area contributed by atoms with Gasteiger partial charge in [0.2, 0.25) is 5.89 Å². The summed E-state index contributed by atoms with van der Waals surface area (Å²) in [4.78, 5) is 11.1. The minimum Gasteiger partial charge on any atom is -0.444 e. The van der Waals surface area contributed by atoms with Crippen molar-refractivity contribution in [2.75, 3.05) is 26.7 Å². The standard InChI is InChI=1S/C22H31F2N5O.HI/c1-14-16(3)30-21(27-14)13-29-9-7-17(8-10-29)12-26-22(25-4)28-15(2)18-5-6-19(23)20(24)11-18;/h5-6,11,15,17H,7-10,12-13H2,1-4H3,(H2,25,26,28);1H. The molecule has 6 nitrogen and oxygen atoms in total. The molecule has 3 rings (SSSR count). The Kier molecular flexibility index (Phi) is 9.67. The number of likely N-dealkylation sites (tertiary alicyclic amines) is 1. The van der Waals surface area contributed by atoms with Crippen molar-refractivity contribution in [3.63, 3.8) is 0 Å². The molecule has 1 fully saturated rings. The Morgan fingerprint density at radius 2 is 1.97 bits per heavy atom. The molecule has 2 N–H and O–H groups in total. The van der Waals surface area contributed by atoms with Crippen LogP contribution in [0.5, 0.6) is 0 Å². The zero-order valence-electron chi connectivity index (χ0n) is 18.5. The van der Waals surface area contributed by atoms with E-state index in [2.05, 4.69) is 25.5 Å². The molecule has 0 saturated carbocycles. The van der Waals surface area contributed by atoms with Crippen LogP contribution in [0.1, 0.15) is 48.7 Å². The Balaban J connectivity index is 0.00000341. The van der Waals surface area contributed by atoms with Crippen LogP contribution in [0.2, 0.25) is 0 Å². The van der Waals surface area contributed by atoms with Crippen molar-refractivity contribution in [3.8, 4) is 0 Å². The number of hydrogen-bond acceptors (Lipinski definition) is 4. The van der Waals surface area contributed by atoms with Gasteiger partial charge in [0, 0.05) is 13.6 Å². The molecule has 1 aliphatic heterocycles. The van der Waals surface area contributed by atoms with Gasteiger partial charge in [-0.1, -0.05) is 6.07 Å². The van der Waals surface area contributed by atoms with E-state index in [9.17, 15) is 8.78 Å². The highest BCUT2D eigenvalue weighted by molar-refractivity contribution is 14.0. The van der Waals surface area contributed by atoms with E-state index in [0.717, 1.165) is 62.4 Å². The van der Waals surface area contributed by atoms with Crippen molar-refractivity contribution in [2.24, 2.45) is 10.9 Å². The van der Waals surface area contributed by atoms with Crippen LogP contribution >= 0.6 is 24.0 Å². The Labute approximate surface area is 199 Å². The van der Waals surface area contributed by atoms with Crippen molar-refractivity contribution in [3.05, 3.63) is 52.7 Å². The van der Waals surface area contributed by atoms with E-state index in [4.69, 9.17) is 4.42 Å². The third-order valence-electron chi connectivity index (χ3n) is 5.72. The van der Waals surface area contributed by atoms with Crippen LogP contribution in [0.25, 0.3) is 0 Å². The number of aryl methyl sites for hydroxylation is 2. The number of oxazole rings is 1. The highest BCUT2D eigenvalue weighted by atomic mass is 127. The van der Waals surface area contributed by atoms with E-state index in [1.807, 2.05) is 20.8 Å². The lowest BCUT2D eigenvalue weighted by molar-refractivity contribution is 0.164. The number of aromatic nitrogens is 1. The van der Waals surface area contributed by atoms with Crippen LogP contribution in [0.4, 0.5) is 8.78 Å². The van der Waals surface area contributed by atoms with Gasteiger partial charge in [-0.3, -0.25) is 9.89 Å². The summed E-state index contributed by atoms with van der Waals surface area (Å²) in [5, 5.41) is 6.60. The molecule has 0 spiro atoms. The third-order valence-corrected chi connectivity index (χ3v) is 5.72. The predicted molar refractivity (Wildman–Crippen MR) is 129 cm³/mol. The fourth-order valence-corrected chi connectivity index (χ4v) is 3.65. The summed E-state index contributed by atoms with van der Waals surface area (Å²) in [5.41, 5.74) is 1.63. The summed E-state index contributed by atoms with van der Waals surface area (Å²) >= 11 is 0. The molecule has 0 amide bonds. The van der Waals surface area contributed by atoms with Gasteiger partial charge >= 0.3 is 0 Å². The fraction of sp³-hybridized carbons (Fsp3) is 0.545. The Morgan fingerprint density at radius 1 is 1.26 bits per heavy atom. The van der Waals surface area contributed by atoms with E-state index >= 15 is 0 Å². The lowest BCUT2D eigenvalue weighted by Gasteiger charge is -2.31. The maximum absolute atomic E-state index is 13.5. The van der Waals surface area contributed by atoms with Gasteiger partial charge in [0.25, 0.3) is 0 Å². The molecule has 31 heavy (non-hydrogen) atoms. The SMILES string of the molecule is CN=C(NCC1CCN(Cc2nc(C)c(C)o2)CC1)NC(C)c1ccc(F)c(F)c1.I. The number of rotatable bonds is 6. The smallest absolute Gasteiger partial charge is 0.208 e. The summed E-state index contributed by atoms with van der Waals surface area (Å²) < 4.78 is 32.3. The summed E-state index contributed by atoms with van der Waals surface area (Å²) in [6.07, 6.45) is 2.17. The van der Waals surface area contributed by atoms with Gasteiger partial charge in [0.05, 0.1) is 18.3 Å². The molecular formula is C22H32F2IN5O. The number of guanidine groups is 1. The first-order valence-corrected chi connectivity index (χ1v) is 10.4. The van der Waals surface area contributed by atoms with Gasteiger partial charge in [-0.25, -0.2) is 13.8 Å². The van der Waals surface area contributed by atoms with Crippen LogP contribution in [0.15, 0.2) is 27.6 Å². The third kappa shape index (κ3) is 7.13. The second-order valence-corrected chi connectivity index (χ2v) is 7.96. The summed E-state index contributed by atoms with van der Waals surface area (Å²) in [7, 11) is 1.70. The molecule has 1 aromatic carbocycles. The first-order chi connectivity index (χ1) is 14.4. The van der Waals surface area contributed by atoms with E-state index in [1.165, 1.54) is 6.07 Å². The summed E-state index contributed by atoms with van der Waals surface area (Å²) in [6, 6.07) is 3.75. The summed E-state index contributed by atoms with van der Waals surface area (Å²) in [5.74, 6) is 1.20. The van der Waals surface area contributed by atoms with Crippen LogP contribution in [-0.2, 0) is 6.54 Å². The van der Waals surface area contributed by atoms with Crippen molar-refractivity contribution >= 4 is 29.9 Å². The maximum Gasteiger partial charge on any atom is 0.208 e. The lowest BCUT2D eigenvalue weighted by Crippen LogP contribution is -2.43. The molecule has 1 aromatic heterocycles. The molecule has 9 heteroatoms. The van der Waals surface area contributed by atoms with Gasteiger partial charge in [-0.2, -0.15) is 0 Å². The molecule has 1 aliphatic rings. The zero-order valence-corrected chi connectivity index (χ0v) is 20.9. The normalized spacial score (nSPS) is 16.6. The Hall–Kier alpha value is -1.75. The number of benzene rings is 1. The molecule has 0 bridgehead atoms. The number of halogens is 3. The molecule has 0 aliphatic carbocycles. The van der Waals surface area contributed by atoms with Crippen LogP contribution in [0, 0.1) is 31.4 Å². The Morgan fingerprint density at radius 3 is 2.55 bits per heavy atom. The number of aliphatic imine (C=N–C) groups is 1. The predicted octanol–water partition coefficient (Wildman–Crippen LogP) is 4.33. The minimum absolute atomic E-state index is 0.